The van der Waals surface area contributed by atoms with Crippen molar-refractivity contribution in [3.05, 3.63) is 30.3 Å². The van der Waals surface area contributed by atoms with Crippen LogP contribution in [0.4, 0.5) is 0 Å². The van der Waals surface area contributed by atoms with E-state index >= 15 is 0 Å². The quantitative estimate of drug-likeness (QED) is 0.587. The first kappa shape index (κ1) is 16.1. The van der Waals surface area contributed by atoms with Gasteiger partial charge in [0.05, 0.1) is 6.61 Å². The summed E-state index contributed by atoms with van der Waals surface area (Å²) >= 11 is 1.76. The zero-order valence-electron chi connectivity index (χ0n) is 11.9. The summed E-state index contributed by atoms with van der Waals surface area (Å²) < 4.78 is 5.15. The maximum absolute atomic E-state index is 12.0. The average Bonchev–Trinajstić information content (AvgIpc) is 2.40. The molecule has 0 aliphatic carbocycles. The average molecular weight is 281 g/mol. The third-order valence-electron chi connectivity index (χ3n) is 2.91. The van der Waals surface area contributed by atoms with Crippen LogP contribution in [-0.2, 0) is 9.53 Å². The fourth-order valence-corrected chi connectivity index (χ4v) is 2.93. The molecule has 0 saturated carbocycles. The normalized spacial score (nSPS) is 13.8. The standard InChI is InChI=1S/C15H23NO2S/c1-4-16-15(3,14(17)18-5-2)11-12-19-13-9-7-6-8-10-13/h6-10,16H,4-5,11-12H2,1-3H3. The second-order valence-electron chi connectivity index (χ2n) is 4.49. The van der Waals surface area contributed by atoms with Gasteiger partial charge >= 0.3 is 5.97 Å². The Hall–Kier alpha value is -1.00. The highest BCUT2D eigenvalue weighted by molar-refractivity contribution is 7.99. The summed E-state index contributed by atoms with van der Waals surface area (Å²) in [6, 6.07) is 10.2. The molecule has 0 bridgehead atoms. The van der Waals surface area contributed by atoms with Crippen molar-refractivity contribution >= 4 is 17.7 Å². The highest BCUT2D eigenvalue weighted by atomic mass is 32.2. The van der Waals surface area contributed by atoms with Gasteiger partial charge in [0, 0.05) is 10.6 Å². The number of esters is 1. The molecule has 0 aliphatic rings. The predicted octanol–water partition coefficient (Wildman–Crippen LogP) is 3.10. The molecule has 106 valence electrons. The van der Waals surface area contributed by atoms with Crippen molar-refractivity contribution in [1.82, 2.24) is 5.32 Å². The molecule has 0 radical (unpaired) electrons. The fraction of sp³-hybridized carbons (Fsp3) is 0.533. The smallest absolute Gasteiger partial charge is 0.326 e. The van der Waals surface area contributed by atoms with Crippen molar-refractivity contribution in [2.24, 2.45) is 0 Å². The van der Waals surface area contributed by atoms with Crippen molar-refractivity contribution < 1.29 is 9.53 Å². The third-order valence-corrected chi connectivity index (χ3v) is 3.92. The molecule has 1 aromatic rings. The number of carbonyl (C=O) groups is 1. The van der Waals surface area contributed by atoms with E-state index in [1.54, 1.807) is 11.8 Å². The van der Waals surface area contributed by atoms with Crippen LogP contribution >= 0.6 is 11.8 Å². The molecular weight excluding hydrogens is 258 g/mol. The second-order valence-corrected chi connectivity index (χ2v) is 5.66. The van der Waals surface area contributed by atoms with Crippen molar-refractivity contribution in [2.45, 2.75) is 37.6 Å². The number of rotatable bonds is 8. The minimum absolute atomic E-state index is 0.162. The van der Waals surface area contributed by atoms with Gasteiger partial charge in [0.1, 0.15) is 5.54 Å². The molecule has 0 heterocycles. The molecule has 0 fully saturated rings. The Morgan fingerprint density at radius 2 is 2.00 bits per heavy atom. The van der Waals surface area contributed by atoms with Crippen molar-refractivity contribution in [2.75, 3.05) is 18.9 Å². The van der Waals surface area contributed by atoms with Gasteiger partial charge < -0.3 is 10.1 Å². The van der Waals surface area contributed by atoms with Gasteiger partial charge in [-0.15, -0.1) is 11.8 Å². The van der Waals surface area contributed by atoms with Gasteiger partial charge in [-0.1, -0.05) is 25.1 Å². The zero-order valence-corrected chi connectivity index (χ0v) is 12.8. The predicted molar refractivity (Wildman–Crippen MR) is 80.5 cm³/mol. The van der Waals surface area contributed by atoms with E-state index in [9.17, 15) is 4.79 Å². The minimum atomic E-state index is -0.591. The number of ether oxygens (including phenoxy) is 1. The van der Waals surface area contributed by atoms with Gasteiger partial charge in [-0.05, 0) is 38.9 Å². The Kier molecular flexibility index (Phi) is 6.95. The largest absolute Gasteiger partial charge is 0.465 e. The molecule has 1 atom stereocenters. The van der Waals surface area contributed by atoms with E-state index in [1.807, 2.05) is 39.0 Å². The van der Waals surface area contributed by atoms with Crippen LogP contribution < -0.4 is 5.32 Å². The topological polar surface area (TPSA) is 38.3 Å². The van der Waals surface area contributed by atoms with Crippen LogP contribution in [0, 0.1) is 0 Å². The highest BCUT2D eigenvalue weighted by Crippen LogP contribution is 2.22. The summed E-state index contributed by atoms with van der Waals surface area (Å²) in [5, 5.41) is 3.24. The Bertz CT molecular complexity index is 383. The van der Waals surface area contributed by atoms with Crippen LogP contribution in [0.5, 0.6) is 0 Å². The summed E-state index contributed by atoms with van der Waals surface area (Å²) in [4.78, 5) is 13.2. The monoisotopic (exact) mass is 281 g/mol. The number of hydrogen-bond donors (Lipinski definition) is 1. The van der Waals surface area contributed by atoms with Crippen molar-refractivity contribution in [1.29, 1.82) is 0 Å². The summed E-state index contributed by atoms with van der Waals surface area (Å²) in [5.41, 5.74) is -0.591. The Morgan fingerprint density at radius 3 is 2.58 bits per heavy atom. The molecule has 0 saturated heterocycles. The first-order valence-corrected chi connectivity index (χ1v) is 7.71. The van der Waals surface area contributed by atoms with Crippen LogP contribution in [0.25, 0.3) is 0 Å². The number of hydrogen-bond acceptors (Lipinski definition) is 4. The second kappa shape index (κ2) is 8.23. The van der Waals surface area contributed by atoms with E-state index in [2.05, 4.69) is 17.4 Å². The van der Waals surface area contributed by atoms with Crippen LogP contribution in [0.2, 0.25) is 0 Å². The Labute approximate surface area is 120 Å². The van der Waals surface area contributed by atoms with E-state index in [-0.39, 0.29) is 5.97 Å². The first-order chi connectivity index (χ1) is 9.12. The Morgan fingerprint density at radius 1 is 1.32 bits per heavy atom. The fourth-order valence-electron chi connectivity index (χ4n) is 1.83. The number of likely N-dealkylation sites (N-methyl/N-ethyl adjacent to an activating group) is 1. The van der Waals surface area contributed by atoms with Crippen molar-refractivity contribution in [3.8, 4) is 0 Å². The van der Waals surface area contributed by atoms with E-state index in [0.29, 0.717) is 6.61 Å². The van der Waals surface area contributed by atoms with Gasteiger partial charge in [0.2, 0.25) is 0 Å². The molecule has 3 nitrogen and oxygen atoms in total. The van der Waals surface area contributed by atoms with Gasteiger partial charge in [-0.2, -0.15) is 0 Å². The van der Waals surface area contributed by atoms with Gasteiger partial charge in [-0.25, -0.2) is 0 Å². The number of benzene rings is 1. The van der Waals surface area contributed by atoms with Crippen LogP contribution in [0.15, 0.2) is 35.2 Å². The molecule has 0 amide bonds. The van der Waals surface area contributed by atoms with Gasteiger partial charge in [0.25, 0.3) is 0 Å². The van der Waals surface area contributed by atoms with Crippen LogP contribution in [0.3, 0.4) is 0 Å². The molecule has 1 aromatic carbocycles. The first-order valence-electron chi connectivity index (χ1n) is 6.72. The maximum atomic E-state index is 12.0. The minimum Gasteiger partial charge on any atom is -0.465 e. The van der Waals surface area contributed by atoms with Crippen LogP contribution in [-0.4, -0.2) is 30.4 Å². The summed E-state index contributed by atoms with van der Waals surface area (Å²) in [7, 11) is 0. The molecular formula is C15H23NO2S. The summed E-state index contributed by atoms with van der Waals surface area (Å²) in [6.07, 6.45) is 0.749. The molecule has 0 aliphatic heterocycles. The number of thioether (sulfide) groups is 1. The van der Waals surface area contributed by atoms with Gasteiger partial charge in [-0.3, -0.25) is 4.79 Å². The molecule has 1 unspecified atom stereocenters. The molecule has 0 aromatic heterocycles. The van der Waals surface area contributed by atoms with E-state index in [0.717, 1.165) is 18.7 Å². The number of carbonyl (C=O) groups excluding carboxylic acids is 1. The maximum Gasteiger partial charge on any atom is 0.326 e. The summed E-state index contributed by atoms with van der Waals surface area (Å²) in [6.45, 7) is 6.93. The van der Waals surface area contributed by atoms with Crippen molar-refractivity contribution in [3.63, 3.8) is 0 Å². The molecule has 0 spiro atoms. The zero-order chi connectivity index (χ0) is 14.1. The van der Waals surface area contributed by atoms with Gasteiger partial charge in [0.15, 0.2) is 0 Å². The number of nitrogens with one attached hydrogen (secondary N) is 1. The summed E-state index contributed by atoms with van der Waals surface area (Å²) in [5.74, 6) is 0.720. The molecule has 19 heavy (non-hydrogen) atoms. The van der Waals surface area contributed by atoms with Crippen LogP contribution in [0.1, 0.15) is 27.2 Å². The molecule has 4 heteroatoms. The lowest BCUT2D eigenvalue weighted by atomic mass is 9.99. The lowest BCUT2D eigenvalue weighted by Crippen LogP contribution is -2.50. The van der Waals surface area contributed by atoms with E-state index in [4.69, 9.17) is 4.74 Å². The lowest BCUT2D eigenvalue weighted by molar-refractivity contribution is -0.150. The third kappa shape index (κ3) is 5.25. The lowest BCUT2D eigenvalue weighted by Gasteiger charge is -2.27. The SMILES string of the molecule is CCNC(C)(CCSc1ccccc1)C(=O)OCC. The Balaban J connectivity index is 2.51. The van der Waals surface area contributed by atoms with E-state index in [1.165, 1.54) is 4.90 Å². The molecule has 1 N–H and O–H groups in total. The van der Waals surface area contributed by atoms with E-state index < -0.39 is 5.54 Å². The molecule has 1 rings (SSSR count). The highest BCUT2D eigenvalue weighted by Gasteiger charge is 2.33.